The van der Waals surface area contributed by atoms with Gasteiger partial charge in [0.1, 0.15) is 11.6 Å². The molecule has 0 radical (unpaired) electrons. The number of nitrogen functional groups attached to an aromatic ring is 1. The average molecular weight is 314 g/mol. The smallest absolute Gasteiger partial charge is 0.384 e. The summed E-state index contributed by atoms with van der Waals surface area (Å²) in [6.07, 6.45) is -2.68. The van der Waals surface area contributed by atoms with E-state index >= 15 is 0 Å². The molecule has 0 aromatic carbocycles. The van der Waals surface area contributed by atoms with Gasteiger partial charge >= 0.3 is 6.18 Å². The van der Waals surface area contributed by atoms with Crippen LogP contribution in [0.3, 0.4) is 0 Å². The van der Waals surface area contributed by atoms with Gasteiger partial charge in [-0.3, -0.25) is 0 Å². The summed E-state index contributed by atoms with van der Waals surface area (Å²) in [5, 5.41) is 1.94. The maximum atomic E-state index is 12.8. The molecule has 0 bridgehead atoms. The number of hydrogen-bond donors (Lipinski definition) is 1. The minimum absolute atomic E-state index is 0.163. The number of alkyl halides is 3. The minimum atomic E-state index is -4.59. The normalized spacial score (nSPS) is 15.2. The largest absolute Gasteiger partial charge is 0.451 e. The van der Waals surface area contributed by atoms with Crippen LogP contribution >= 0.6 is 11.3 Å². The molecule has 2 heterocycles. The molecule has 0 atom stereocenters. The monoisotopic (exact) mass is 314 g/mol. The molecular formula is C13H13F3N4S. The molecule has 0 unspecified atom stereocenters. The predicted octanol–water partition coefficient (Wildman–Crippen LogP) is 3.31. The van der Waals surface area contributed by atoms with E-state index in [4.69, 9.17) is 5.73 Å². The molecular weight excluding hydrogens is 301 g/mol. The zero-order valence-corrected chi connectivity index (χ0v) is 11.8. The number of nitrogens with zero attached hydrogens (tertiary/aromatic N) is 3. The summed E-state index contributed by atoms with van der Waals surface area (Å²) in [5.41, 5.74) is 5.51. The molecule has 1 aliphatic carbocycles. The van der Waals surface area contributed by atoms with Gasteiger partial charge in [-0.2, -0.15) is 13.2 Å². The van der Waals surface area contributed by atoms with Crippen LogP contribution in [0, 0.1) is 0 Å². The third kappa shape index (κ3) is 3.26. The van der Waals surface area contributed by atoms with Gasteiger partial charge in [0.05, 0.1) is 6.54 Å². The Morgan fingerprint density at radius 3 is 2.67 bits per heavy atom. The Kier molecular flexibility index (Phi) is 3.48. The molecule has 0 spiro atoms. The summed E-state index contributed by atoms with van der Waals surface area (Å²) >= 11 is 1.57. The van der Waals surface area contributed by atoms with Crippen LogP contribution in [0.25, 0.3) is 0 Å². The van der Waals surface area contributed by atoms with E-state index in [-0.39, 0.29) is 17.7 Å². The predicted molar refractivity (Wildman–Crippen MR) is 75.0 cm³/mol. The Morgan fingerprint density at radius 2 is 2.10 bits per heavy atom. The van der Waals surface area contributed by atoms with Crippen molar-refractivity contribution in [2.24, 2.45) is 0 Å². The zero-order chi connectivity index (χ0) is 15.0. The molecule has 1 fully saturated rings. The first-order valence-electron chi connectivity index (χ1n) is 6.44. The van der Waals surface area contributed by atoms with Crippen molar-refractivity contribution >= 4 is 23.0 Å². The van der Waals surface area contributed by atoms with Gasteiger partial charge in [-0.05, 0) is 24.3 Å². The molecule has 0 aliphatic heterocycles. The fourth-order valence-corrected chi connectivity index (χ4v) is 2.78. The summed E-state index contributed by atoms with van der Waals surface area (Å²) in [6.45, 7) is 0.538. The van der Waals surface area contributed by atoms with Gasteiger partial charge in [-0.1, -0.05) is 6.07 Å². The van der Waals surface area contributed by atoms with Crippen LogP contribution in [0.5, 0.6) is 0 Å². The van der Waals surface area contributed by atoms with E-state index < -0.39 is 12.0 Å². The van der Waals surface area contributed by atoms with E-state index in [1.165, 1.54) is 6.07 Å². The number of rotatable bonds is 4. The molecule has 2 aromatic rings. The second kappa shape index (κ2) is 5.18. The Bertz CT molecular complexity index is 623. The Hall–Kier alpha value is -1.83. The molecule has 3 rings (SSSR count). The second-order valence-corrected chi connectivity index (χ2v) is 5.94. The molecule has 2 N–H and O–H groups in total. The number of nitrogens with two attached hydrogens (primary N) is 1. The quantitative estimate of drug-likeness (QED) is 0.940. The fourth-order valence-electron chi connectivity index (χ4n) is 2.08. The van der Waals surface area contributed by atoms with Crippen LogP contribution in [-0.4, -0.2) is 16.0 Å². The SMILES string of the molecule is Nc1cc(N(Cc2cccs2)C2CC2)nc(C(F)(F)F)n1. The highest BCUT2D eigenvalue weighted by atomic mass is 32.1. The summed E-state index contributed by atoms with van der Waals surface area (Å²) in [6, 6.07) is 5.50. The van der Waals surface area contributed by atoms with Crippen molar-refractivity contribution in [3.05, 3.63) is 34.3 Å². The summed E-state index contributed by atoms with van der Waals surface area (Å²) in [5.74, 6) is -1.11. The Labute approximate surface area is 123 Å². The first-order chi connectivity index (χ1) is 9.93. The second-order valence-electron chi connectivity index (χ2n) is 4.91. The Morgan fingerprint density at radius 1 is 1.33 bits per heavy atom. The van der Waals surface area contributed by atoms with Crippen molar-refractivity contribution < 1.29 is 13.2 Å². The van der Waals surface area contributed by atoms with Crippen molar-refractivity contribution in [3.8, 4) is 0 Å². The van der Waals surface area contributed by atoms with Crippen LogP contribution in [0.2, 0.25) is 0 Å². The maximum absolute atomic E-state index is 12.8. The third-order valence-electron chi connectivity index (χ3n) is 3.17. The maximum Gasteiger partial charge on any atom is 0.451 e. The highest BCUT2D eigenvalue weighted by Crippen LogP contribution is 2.35. The first-order valence-corrected chi connectivity index (χ1v) is 7.32. The van der Waals surface area contributed by atoms with E-state index in [0.29, 0.717) is 6.54 Å². The number of anilines is 2. The first kappa shape index (κ1) is 14.1. The molecule has 1 saturated carbocycles. The molecule has 0 amide bonds. The van der Waals surface area contributed by atoms with Crippen LogP contribution in [0.15, 0.2) is 23.6 Å². The number of halogens is 3. The molecule has 1 aliphatic rings. The van der Waals surface area contributed by atoms with E-state index in [2.05, 4.69) is 9.97 Å². The van der Waals surface area contributed by atoms with Gasteiger partial charge in [-0.15, -0.1) is 11.3 Å². The van der Waals surface area contributed by atoms with E-state index in [1.54, 1.807) is 11.3 Å². The van der Waals surface area contributed by atoms with Crippen molar-refractivity contribution in [1.82, 2.24) is 9.97 Å². The van der Waals surface area contributed by atoms with Crippen molar-refractivity contribution in [1.29, 1.82) is 0 Å². The standard InChI is InChI=1S/C13H13F3N4S/c14-13(15,16)12-18-10(17)6-11(19-12)20(8-3-4-8)7-9-2-1-5-21-9/h1-2,5-6,8H,3-4,7H2,(H2,17,18,19). The lowest BCUT2D eigenvalue weighted by molar-refractivity contribution is -0.144. The Balaban J connectivity index is 1.94. The minimum Gasteiger partial charge on any atom is -0.384 e. The lowest BCUT2D eigenvalue weighted by atomic mass is 10.3. The number of hydrogen-bond acceptors (Lipinski definition) is 5. The molecule has 8 heteroatoms. The zero-order valence-electron chi connectivity index (χ0n) is 11.0. The lowest BCUT2D eigenvalue weighted by Gasteiger charge is -2.23. The van der Waals surface area contributed by atoms with Crippen LogP contribution in [0.1, 0.15) is 23.5 Å². The van der Waals surface area contributed by atoms with Crippen molar-refractivity contribution in [2.45, 2.75) is 31.6 Å². The van der Waals surface area contributed by atoms with E-state index in [9.17, 15) is 13.2 Å². The lowest BCUT2D eigenvalue weighted by Crippen LogP contribution is -2.27. The fraction of sp³-hybridized carbons (Fsp3) is 0.385. The third-order valence-corrected chi connectivity index (χ3v) is 4.04. The average Bonchev–Trinajstić information content (AvgIpc) is 3.11. The van der Waals surface area contributed by atoms with Crippen molar-refractivity contribution in [2.75, 3.05) is 10.6 Å². The van der Waals surface area contributed by atoms with Crippen molar-refractivity contribution in [3.63, 3.8) is 0 Å². The van der Waals surface area contributed by atoms with Gasteiger partial charge in [0, 0.05) is 17.0 Å². The van der Waals surface area contributed by atoms with Crippen LogP contribution < -0.4 is 10.6 Å². The molecule has 112 valence electrons. The van der Waals surface area contributed by atoms with E-state index in [1.807, 2.05) is 22.4 Å². The summed E-state index contributed by atoms with van der Waals surface area (Å²) in [4.78, 5) is 9.89. The van der Waals surface area contributed by atoms with Gasteiger partial charge < -0.3 is 10.6 Å². The van der Waals surface area contributed by atoms with Gasteiger partial charge in [0.25, 0.3) is 0 Å². The summed E-state index contributed by atoms with van der Waals surface area (Å²) in [7, 11) is 0. The topological polar surface area (TPSA) is 55.0 Å². The van der Waals surface area contributed by atoms with Gasteiger partial charge in [-0.25, -0.2) is 9.97 Å². The highest BCUT2D eigenvalue weighted by molar-refractivity contribution is 7.09. The summed E-state index contributed by atoms with van der Waals surface area (Å²) < 4.78 is 38.4. The number of aromatic nitrogens is 2. The van der Waals surface area contributed by atoms with Crippen LogP contribution in [0.4, 0.5) is 24.8 Å². The van der Waals surface area contributed by atoms with E-state index in [0.717, 1.165) is 17.7 Å². The molecule has 0 saturated heterocycles. The molecule has 2 aromatic heterocycles. The van der Waals surface area contributed by atoms with Gasteiger partial charge in [0.2, 0.25) is 5.82 Å². The van der Waals surface area contributed by atoms with Gasteiger partial charge in [0.15, 0.2) is 0 Å². The molecule has 4 nitrogen and oxygen atoms in total. The molecule has 21 heavy (non-hydrogen) atoms. The van der Waals surface area contributed by atoms with Crippen LogP contribution in [-0.2, 0) is 12.7 Å². The number of thiophene rings is 1. The highest BCUT2D eigenvalue weighted by Gasteiger charge is 2.37.